The number of rotatable bonds is 6. The van der Waals surface area contributed by atoms with Gasteiger partial charge in [-0.2, -0.15) is 0 Å². The van der Waals surface area contributed by atoms with Crippen LogP contribution >= 0.6 is 0 Å². The van der Waals surface area contributed by atoms with Gasteiger partial charge in [-0.15, -0.1) is 0 Å². The van der Waals surface area contributed by atoms with Gasteiger partial charge in [0.2, 0.25) is 12.7 Å². The maximum Gasteiger partial charge on any atom is 0.250 e. The lowest BCUT2D eigenvalue weighted by atomic mass is 10.1. The molecule has 1 heterocycles. The number of carbonyl (C=O) groups excluding carboxylic acids is 2. The zero-order valence-electron chi connectivity index (χ0n) is 13.7. The van der Waals surface area contributed by atoms with Crippen molar-refractivity contribution < 1.29 is 19.1 Å². The molecule has 1 aliphatic rings. The Morgan fingerprint density at radius 2 is 1.92 bits per heavy atom. The van der Waals surface area contributed by atoms with Gasteiger partial charge in [0.25, 0.3) is 5.91 Å². The number of nitrogens with two attached hydrogens (primary N) is 1. The highest BCUT2D eigenvalue weighted by Crippen LogP contribution is 2.34. The van der Waals surface area contributed by atoms with E-state index in [1.165, 1.54) is 0 Å². The molecule has 1 aliphatic heterocycles. The zero-order chi connectivity index (χ0) is 17.8. The fraction of sp³-hybridized carbons (Fsp3) is 0.222. The van der Waals surface area contributed by atoms with Crippen LogP contribution in [0.15, 0.2) is 42.5 Å². The van der Waals surface area contributed by atoms with Crippen LogP contribution < -0.4 is 25.8 Å². The lowest BCUT2D eigenvalue weighted by Crippen LogP contribution is -2.32. The number of benzene rings is 2. The van der Waals surface area contributed by atoms with Crippen molar-refractivity contribution in [2.75, 3.05) is 18.7 Å². The van der Waals surface area contributed by atoms with Gasteiger partial charge in [-0.05, 0) is 36.8 Å². The van der Waals surface area contributed by atoms with Crippen LogP contribution in [0.4, 0.5) is 5.69 Å². The third kappa shape index (κ3) is 3.82. The molecule has 0 radical (unpaired) electrons. The van der Waals surface area contributed by atoms with Gasteiger partial charge in [0.15, 0.2) is 11.5 Å². The summed E-state index contributed by atoms with van der Waals surface area (Å²) >= 11 is 0. The Bertz CT molecular complexity index is 807. The molecule has 3 rings (SSSR count). The SMILES string of the molecule is CC(NC(=O)CNc1ccccc1C(N)=O)c1ccc2c(c1)OCO2. The summed E-state index contributed by atoms with van der Waals surface area (Å²) < 4.78 is 10.6. The smallest absolute Gasteiger partial charge is 0.250 e. The largest absolute Gasteiger partial charge is 0.454 e. The van der Waals surface area contributed by atoms with E-state index in [2.05, 4.69) is 10.6 Å². The van der Waals surface area contributed by atoms with Gasteiger partial charge < -0.3 is 25.8 Å². The Hall–Kier alpha value is -3.22. The number of hydrogen-bond donors (Lipinski definition) is 3. The number of anilines is 1. The van der Waals surface area contributed by atoms with E-state index in [9.17, 15) is 9.59 Å². The second kappa shape index (κ2) is 7.12. The molecule has 0 spiro atoms. The van der Waals surface area contributed by atoms with E-state index in [-0.39, 0.29) is 25.3 Å². The molecule has 7 heteroatoms. The van der Waals surface area contributed by atoms with Crippen LogP contribution in [0.5, 0.6) is 11.5 Å². The van der Waals surface area contributed by atoms with E-state index in [0.717, 1.165) is 5.56 Å². The molecule has 2 amide bonds. The molecule has 0 bridgehead atoms. The molecule has 1 atom stereocenters. The van der Waals surface area contributed by atoms with Crippen LogP contribution in [-0.2, 0) is 4.79 Å². The van der Waals surface area contributed by atoms with Gasteiger partial charge in [-0.25, -0.2) is 0 Å². The maximum atomic E-state index is 12.2. The van der Waals surface area contributed by atoms with E-state index in [1.54, 1.807) is 24.3 Å². The third-order valence-corrected chi connectivity index (χ3v) is 3.91. The Kier molecular flexibility index (Phi) is 4.74. The molecule has 0 aromatic heterocycles. The fourth-order valence-electron chi connectivity index (χ4n) is 2.59. The molecule has 0 saturated carbocycles. The Balaban J connectivity index is 1.58. The van der Waals surface area contributed by atoms with Crippen molar-refractivity contribution in [3.05, 3.63) is 53.6 Å². The number of carbonyl (C=O) groups is 2. The number of hydrogen-bond acceptors (Lipinski definition) is 5. The fourth-order valence-corrected chi connectivity index (χ4v) is 2.59. The van der Waals surface area contributed by atoms with E-state index in [4.69, 9.17) is 15.2 Å². The Labute approximate surface area is 145 Å². The lowest BCUT2D eigenvalue weighted by molar-refractivity contribution is -0.120. The van der Waals surface area contributed by atoms with Crippen molar-refractivity contribution in [2.45, 2.75) is 13.0 Å². The van der Waals surface area contributed by atoms with Gasteiger partial charge in [0.05, 0.1) is 18.2 Å². The van der Waals surface area contributed by atoms with E-state index < -0.39 is 5.91 Å². The average Bonchev–Trinajstić information content (AvgIpc) is 3.07. The highest BCUT2D eigenvalue weighted by molar-refractivity contribution is 5.99. The van der Waals surface area contributed by atoms with Gasteiger partial charge in [-0.1, -0.05) is 18.2 Å². The molecule has 130 valence electrons. The van der Waals surface area contributed by atoms with Crippen LogP contribution in [0.3, 0.4) is 0 Å². The van der Waals surface area contributed by atoms with Crippen molar-refractivity contribution in [2.24, 2.45) is 5.73 Å². The first kappa shape index (κ1) is 16.6. The molecule has 4 N–H and O–H groups in total. The van der Waals surface area contributed by atoms with Crippen LogP contribution in [0, 0.1) is 0 Å². The summed E-state index contributed by atoms with van der Waals surface area (Å²) in [6.07, 6.45) is 0. The molecule has 2 aromatic carbocycles. The van der Waals surface area contributed by atoms with E-state index in [0.29, 0.717) is 22.7 Å². The molecule has 0 saturated heterocycles. The first-order valence-electron chi connectivity index (χ1n) is 7.86. The average molecular weight is 341 g/mol. The minimum absolute atomic E-state index is 0.0270. The van der Waals surface area contributed by atoms with Gasteiger partial charge in [-0.3, -0.25) is 9.59 Å². The second-order valence-corrected chi connectivity index (χ2v) is 5.67. The van der Waals surface area contributed by atoms with Gasteiger partial charge >= 0.3 is 0 Å². The highest BCUT2D eigenvalue weighted by atomic mass is 16.7. The monoisotopic (exact) mass is 341 g/mol. The topological polar surface area (TPSA) is 103 Å². The van der Waals surface area contributed by atoms with Crippen LogP contribution in [-0.4, -0.2) is 25.2 Å². The van der Waals surface area contributed by atoms with Crippen molar-refractivity contribution in [1.82, 2.24) is 5.32 Å². The summed E-state index contributed by atoms with van der Waals surface area (Å²) in [5.41, 5.74) is 7.11. The molecule has 0 fully saturated rings. The number of nitrogens with one attached hydrogen (secondary N) is 2. The molecule has 0 aliphatic carbocycles. The van der Waals surface area contributed by atoms with Crippen LogP contribution in [0.1, 0.15) is 28.9 Å². The van der Waals surface area contributed by atoms with E-state index in [1.807, 2.05) is 25.1 Å². The van der Waals surface area contributed by atoms with Crippen molar-refractivity contribution >= 4 is 17.5 Å². The first-order chi connectivity index (χ1) is 12.0. The summed E-state index contributed by atoms with van der Waals surface area (Å²) in [4.78, 5) is 23.6. The zero-order valence-corrected chi connectivity index (χ0v) is 13.7. The predicted octanol–water partition coefficient (Wildman–Crippen LogP) is 1.80. The minimum atomic E-state index is -0.544. The Morgan fingerprint density at radius 3 is 2.72 bits per heavy atom. The number of ether oxygens (including phenoxy) is 2. The minimum Gasteiger partial charge on any atom is -0.454 e. The first-order valence-corrected chi connectivity index (χ1v) is 7.86. The quantitative estimate of drug-likeness (QED) is 0.743. The number of fused-ring (bicyclic) bond motifs is 1. The summed E-state index contributed by atoms with van der Waals surface area (Å²) in [7, 11) is 0. The number of primary amides is 1. The van der Waals surface area contributed by atoms with Gasteiger partial charge in [0.1, 0.15) is 0 Å². The molecule has 2 aromatic rings. The maximum absolute atomic E-state index is 12.2. The van der Waals surface area contributed by atoms with Crippen LogP contribution in [0.25, 0.3) is 0 Å². The number of para-hydroxylation sites is 1. The van der Waals surface area contributed by atoms with Crippen molar-refractivity contribution in [1.29, 1.82) is 0 Å². The second-order valence-electron chi connectivity index (χ2n) is 5.67. The third-order valence-electron chi connectivity index (χ3n) is 3.91. The summed E-state index contributed by atoms with van der Waals surface area (Å²) in [5, 5.41) is 5.83. The molecular formula is C18H19N3O4. The number of amides is 2. The highest BCUT2D eigenvalue weighted by Gasteiger charge is 2.17. The van der Waals surface area contributed by atoms with Gasteiger partial charge in [0, 0.05) is 5.69 Å². The molecule has 7 nitrogen and oxygen atoms in total. The Morgan fingerprint density at radius 1 is 1.16 bits per heavy atom. The standard InChI is InChI=1S/C18H19N3O4/c1-11(12-6-7-15-16(8-12)25-10-24-15)21-17(22)9-20-14-5-3-2-4-13(14)18(19)23/h2-8,11,20H,9-10H2,1H3,(H2,19,23)(H,21,22). The summed E-state index contributed by atoms with van der Waals surface area (Å²) in [6, 6.07) is 12.1. The molecule has 1 unspecified atom stereocenters. The lowest BCUT2D eigenvalue weighted by Gasteiger charge is -2.16. The van der Waals surface area contributed by atoms with Crippen molar-refractivity contribution in [3.8, 4) is 11.5 Å². The molecular weight excluding hydrogens is 322 g/mol. The predicted molar refractivity (Wildman–Crippen MR) is 92.6 cm³/mol. The summed E-state index contributed by atoms with van der Waals surface area (Å²) in [6.45, 7) is 2.12. The van der Waals surface area contributed by atoms with Crippen LogP contribution in [0.2, 0.25) is 0 Å². The van der Waals surface area contributed by atoms with Crippen molar-refractivity contribution in [3.63, 3.8) is 0 Å². The normalized spacial score (nSPS) is 13.2. The molecule has 25 heavy (non-hydrogen) atoms. The summed E-state index contributed by atoms with van der Waals surface area (Å²) in [5.74, 6) is 0.626. The van der Waals surface area contributed by atoms with E-state index >= 15 is 0 Å².